The van der Waals surface area contributed by atoms with Crippen molar-refractivity contribution in [2.24, 2.45) is 4.99 Å². The molecule has 0 saturated heterocycles. The van der Waals surface area contributed by atoms with Crippen molar-refractivity contribution >= 4 is 23.0 Å². The largest absolute Gasteiger partial charge is 0.378 e. The van der Waals surface area contributed by atoms with E-state index in [-0.39, 0.29) is 0 Å². The van der Waals surface area contributed by atoms with Crippen molar-refractivity contribution in [1.29, 1.82) is 0 Å². The number of rotatable bonds is 7. The summed E-state index contributed by atoms with van der Waals surface area (Å²) in [6.07, 6.45) is 2.15. The molecule has 0 aliphatic heterocycles. The molecular weight excluding hydrogens is 316 g/mol. The molecule has 0 fully saturated rings. The number of aliphatic imine (C=N–C) groups is 1. The van der Waals surface area contributed by atoms with Crippen LogP contribution in [0.15, 0.2) is 41.4 Å². The van der Waals surface area contributed by atoms with Gasteiger partial charge >= 0.3 is 0 Å². The molecule has 0 aliphatic carbocycles. The van der Waals surface area contributed by atoms with Crippen molar-refractivity contribution in [3.63, 3.8) is 0 Å². The molecule has 1 aromatic heterocycles. The average Bonchev–Trinajstić information content (AvgIpc) is 3.00. The minimum atomic E-state index is 0.824. The number of nitrogens with zero attached hydrogens (tertiary/aromatic N) is 2. The lowest BCUT2D eigenvalue weighted by molar-refractivity contribution is 0.744. The molecule has 24 heavy (non-hydrogen) atoms. The highest BCUT2D eigenvalue weighted by atomic mass is 32.1. The highest BCUT2D eigenvalue weighted by Gasteiger charge is 2.01. The lowest BCUT2D eigenvalue weighted by Crippen LogP contribution is -2.37. The molecule has 0 spiro atoms. The van der Waals surface area contributed by atoms with Gasteiger partial charge in [-0.25, -0.2) is 0 Å². The van der Waals surface area contributed by atoms with Gasteiger partial charge in [-0.2, -0.15) is 0 Å². The summed E-state index contributed by atoms with van der Waals surface area (Å²) in [6, 6.07) is 13.1. The fourth-order valence-corrected chi connectivity index (χ4v) is 3.26. The predicted molar refractivity (Wildman–Crippen MR) is 106 cm³/mol. The fraction of sp³-hybridized carbons (Fsp3) is 0.421. The molecule has 0 unspecified atom stereocenters. The Labute approximate surface area is 149 Å². The monoisotopic (exact) mass is 344 g/mol. The van der Waals surface area contributed by atoms with Crippen LogP contribution in [0.5, 0.6) is 0 Å². The molecule has 2 aromatic rings. The van der Waals surface area contributed by atoms with Crippen molar-refractivity contribution in [3.8, 4) is 0 Å². The Morgan fingerprint density at radius 3 is 2.42 bits per heavy atom. The van der Waals surface area contributed by atoms with Gasteiger partial charge in [-0.1, -0.05) is 12.1 Å². The summed E-state index contributed by atoms with van der Waals surface area (Å²) < 4.78 is 0. The zero-order valence-corrected chi connectivity index (χ0v) is 15.9. The molecule has 2 N–H and O–H groups in total. The second-order valence-electron chi connectivity index (χ2n) is 6.03. The van der Waals surface area contributed by atoms with Crippen LogP contribution in [0, 0.1) is 6.92 Å². The summed E-state index contributed by atoms with van der Waals surface area (Å²) in [5.74, 6) is 0.865. The Bertz CT molecular complexity index is 644. The van der Waals surface area contributed by atoms with Gasteiger partial charge in [0.25, 0.3) is 0 Å². The maximum atomic E-state index is 4.28. The number of hydrogen-bond acceptors (Lipinski definition) is 3. The third-order valence-corrected chi connectivity index (χ3v) is 4.84. The van der Waals surface area contributed by atoms with Gasteiger partial charge < -0.3 is 15.5 Å². The Morgan fingerprint density at radius 1 is 1.08 bits per heavy atom. The van der Waals surface area contributed by atoms with Crippen molar-refractivity contribution in [1.82, 2.24) is 10.6 Å². The summed E-state index contributed by atoms with van der Waals surface area (Å²) in [4.78, 5) is 9.07. The van der Waals surface area contributed by atoms with Gasteiger partial charge in [0, 0.05) is 43.1 Å². The van der Waals surface area contributed by atoms with E-state index in [1.165, 1.54) is 21.0 Å². The van der Waals surface area contributed by atoms with E-state index in [1.54, 1.807) is 0 Å². The first kappa shape index (κ1) is 18.3. The molecule has 0 amide bonds. The Kier molecular flexibility index (Phi) is 7.12. The number of anilines is 1. The van der Waals surface area contributed by atoms with Crippen molar-refractivity contribution in [2.45, 2.75) is 26.3 Å². The summed E-state index contributed by atoms with van der Waals surface area (Å²) in [5, 5.41) is 6.74. The van der Waals surface area contributed by atoms with E-state index in [0.29, 0.717) is 0 Å². The van der Waals surface area contributed by atoms with Gasteiger partial charge in [-0.3, -0.25) is 4.99 Å². The third kappa shape index (κ3) is 5.89. The fourth-order valence-electron chi connectivity index (χ4n) is 2.43. The van der Waals surface area contributed by atoms with Gasteiger partial charge in [0.2, 0.25) is 0 Å². The number of thiophene rings is 1. The van der Waals surface area contributed by atoms with E-state index in [0.717, 1.165) is 31.9 Å². The molecule has 0 atom stereocenters. The first-order valence-corrected chi connectivity index (χ1v) is 9.16. The molecular formula is C19H28N4S. The third-order valence-electron chi connectivity index (χ3n) is 3.84. The van der Waals surface area contributed by atoms with Gasteiger partial charge in [0.1, 0.15) is 0 Å². The minimum absolute atomic E-state index is 0.824. The van der Waals surface area contributed by atoms with Crippen LogP contribution in [0.4, 0.5) is 5.69 Å². The second kappa shape index (κ2) is 9.33. The maximum absolute atomic E-state index is 4.28. The topological polar surface area (TPSA) is 39.7 Å². The molecule has 0 saturated carbocycles. The van der Waals surface area contributed by atoms with Crippen molar-refractivity contribution in [3.05, 3.63) is 51.7 Å². The van der Waals surface area contributed by atoms with E-state index in [9.17, 15) is 0 Å². The van der Waals surface area contributed by atoms with Crippen LogP contribution in [0.3, 0.4) is 0 Å². The highest BCUT2D eigenvalue weighted by Crippen LogP contribution is 2.14. The minimum Gasteiger partial charge on any atom is -0.378 e. The van der Waals surface area contributed by atoms with Crippen LogP contribution in [-0.4, -0.2) is 33.6 Å². The number of nitrogens with one attached hydrogen (secondary N) is 2. The standard InChI is InChI=1S/C19H28N4S/c1-15-7-12-18(24-15)14-22-19(20-2)21-13-5-6-16-8-10-17(11-9-16)23(3)4/h7-12H,5-6,13-14H2,1-4H3,(H2,20,21,22). The number of guanidine groups is 1. The molecule has 4 nitrogen and oxygen atoms in total. The summed E-state index contributed by atoms with van der Waals surface area (Å²) in [7, 11) is 5.94. The van der Waals surface area contributed by atoms with Crippen LogP contribution in [0.2, 0.25) is 0 Å². The van der Waals surface area contributed by atoms with E-state index in [1.807, 2.05) is 18.4 Å². The lowest BCUT2D eigenvalue weighted by atomic mass is 10.1. The number of aryl methyl sites for hydroxylation is 2. The molecule has 0 bridgehead atoms. The van der Waals surface area contributed by atoms with Gasteiger partial charge in [-0.15, -0.1) is 11.3 Å². The van der Waals surface area contributed by atoms with Crippen LogP contribution in [0.1, 0.15) is 21.7 Å². The molecule has 130 valence electrons. The van der Waals surface area contributed by atoms with Crippen LogP contribution < -0.4 is 15.5 Å². The molecule has 2 rings (SSSR count). The first-order valence-electron chi connectivity index (χ1n) is 8.34. The summed E-state index contributed by atoms with van der Waals surface area (Å²) in [5.41, 5.74) is 2.62. The normalized spacial score (nSPS) is 11.4. The summed E-state index contributed by atoms with van der Waals surface area (Å²) in [6.45, 7) is 3.87. The van der Waals surface area contributed by atoms with Crippen LogP contribution in [0.25, 0.3) is 0 Å². The number of benzene rings is 1. The van der Waals surface area contributed by atoms with E-state index in [4.69, 9.17) is 0 Å². The van der Waals surface area contributed by atoms with Crippen molar-refractivity contribution in [2.75, 3.05) is 32.6 Å². The van der Waals surface area contributed by atoms with Crippen molar-refractivity contribution < 1.29 is 0 Å². The highest BCUT2D eigenvalue weighted by molar-refractivity contribution is 7.11. The second-order valence-corrected chi connectivity index (χ2v) is 7.40. The van der Waals surface area contributed by atoms with Crippen LogP contribution >= 0.6 is 11.3 Å². The Balaban J connectivity index is 1.68. The smallest absolute Gasteiger partial charge is 0.191 e. The van der Waals surface area contributed by atoms with E-state index < -0.39 is 0 Å². The maximum Gasteiger partial charge on any atom is 0.191 e. The van der Waals surface area contributed by atoms with Crippen LogP contribution in [-0.2, 0) is 13.0 Å². The Hall–Kier alpha value is -2.01. The molecule has 5 heteroatoms. The zero-order chi connectivity index (χ0) is 17.4. The van der Waals surface area contributed by atoms with Gasteiger partial charge in [0.05, 0.1) is 6.54 Å². The SMILES string of the molecule is CN=C(NCCCc1ccc(N(C)C)cc1)NCc1ccc(C)s1. The molecule has 0 radical (unpaired) electrons. The molecule has 1 aromatic carbocycles. The van der Waals surface area contributed by atoms with Gasteiger partial charge in [-0.05, 0) is 49.6 Å². The lowest BCUT2D eigenvalue weighted by Gasteiger charge is -2.13. The summed E-state index contributed by atoms with van der Waals surface area (Å²) >= 11 is 1.82. The predicted octanol–water partition coefficient (Wildman–Crippen LogP) is 3.42. The zero-order valence-electron chi connectivity index (χ0n) is 15.1. The Morgan fingerprint density at radius 2 is 1.83 bits per heavy atom. The molecule has 1 heterocycles. The quantitative estimate of drug-likeness (QED) is 0.459. The molecule has 0 aliphatic rings. The van der Waals surface area contributed by atoms with Gasteiger partial charge in [0.15, 0.2) is 5.96 Å². The van der Waals surface area contributed by atoms with E-state index in [2.05, 4.69) is 77.9 Å². The van der Waals surface area contributed by atoms with E-state index >= 15 is 0 Å². The number of hydrogen-bond donors (Lipinski definition) is 2. The average molecular weight is 345 g/mol. The first-order chi connectivity index (χ1) is 11.6.